The van der Waals surface area contributed by atoms with Crippen molar-refractivity contribution >= 4 is 0 Å². The molecule has 0 spiro atoms. The fraction of sp³-hybridized carbons (Fsp3) is 0.778. The number of hydrogen-bond acceptors (Lipinski definition) is 4. The largest absolute Gasteiger partial charge is 0.384 e. The first-order valence-corrected chi connectivity index (χ1v) is 4.93. The molecule has 0 aliphatic heterocycles. The summed E-state index contributed by atoms with van der Waals surface area (Å²) in [6, 6.07) is 0. The van der Waals surface area contributed by atoms with E-state index in [4.69, 9.17) is 4.74 Å². The van der Waals surface area contributed by atoms with Gasteiger partial charge in [-0.05, 0) is 13.3 Å². The van der Waals surface area contributed by atoms with Crippen LogP contribution in [-0.2, 0) is 11.3 Å². The van der Waals surface area contributed by atoms with Crippen molar-refractivity contribution < 1.29 is 9.84 Å². The van der Waals surface area contributed by atoms with Crippen LogP contribution >= 0.6 is 0 Å². The van der Waals surface area contributed by atoms with Gasteiger partial charge in [0.25, 0.3) is 0 Å². The van der Waals surface area contributed by atoms with Gasteiger partial charge in [-0.25, -0.2) is 4.68 Å². The molecule has 0 amide bonds. The lowest BCUT2D eigenvalue weighted by molar-refractivity contribution is 0.0371. The molecule has 0 bridgehead atoms. The van der Waals surface area contributed by atoms with Crippen molar-refractivity contribution in [3.8, 4) is 0 Å². The summed E-state index contributed by atoms with van der Waals surface area (Å²) in [5.74, 6) is 0. The number of aromatic nitrogens is 3. The summed E-state index contributed by atoms with van der Waals surface area (Å²) >= 11 is 0. The SMILES string of the molecule is CCCn1nncc1C(O)COCC. The minimum Gasteiger partial charge on any atom is -0.384 e. The monoisotopic (exact) mass is 199 g/mol. The molecule has 0 aromatic carbocycles. The number of hydrogen-bond donors (Lipinski definition) is 1. The third-order valence-electron chi connectivity index (χ3n) is 1.90. The quantitative estimate of drug-likeness (QED) is 0.734. The summed E-state index contributed by atoms with van der Waals surface area (Å²) in [5.41, 5.74) is 0.723. The van der Waals surface area contributed by atoms with E-state index in [0.29, 0.717) is 13.2 Å². The first-order chi connectivity index (χ1) is 6.79. The van der Waals surface area contributed by atoms with Crippen LogP contribution < -0.4 is 0 Å². The maximum absolute atomic E-state index is 9.72. The van der Waals surface area contributed by atoms with Gasteiger partial charge in [-0.3, -0.25) is 0 Å². The summed E-state index contributed by atoms with van der Waals surface area (Å²) < 4.78 is 6.85. The zero-order valence-corrected chi connectivity index (χ0v) is 8.68. The first-order valence-electron chi connectivity index (χ1n) is 4.93. The van der Waals surface area contributed by atoms with Gasteiger partial charge in [0, 0.05) is 13.2 Å². The zero-order chi connectivity index (χ0) is 10.4. The van der Waals surface area contributed by atoms with Gasteiger partial charge >= 0.3 is 0 Å². The van der Waals surface area contributed by atoms with E-state index in [1.54, 1.807) is 10.9 Å². The Bertz CT molecular complexity index is 262. The van der Waals surface area contributed by atoms with E-state index >= 15 is 0 Å². The Kier molecular flexibility index (Phi) is 4.55. The highest BCUT2D eigenvalue weighted by molar-refractivity contribution is 4.98. The standard InChI is InChI=1S/C9H17N3O2/c1-3-5-12-8(6-10-11-12)9(13)7-14-4-2/h6,9,13H,3-5,7H2,1-2H3. The van der Waals surface area contributed by atoms with Crippen LogP contribution in [-0.4, -0.2) is 33.3 Å². The Balaban J connectivity index is 2.58. The maximum Gasteiger partial charge on any atom is 0.120 e. The molecule has 5 nitrogen and oxygen atoms in total. The molecule has 0 radical (unpaired) electrons. The molecular formula is C9H17N3O2. The second kappa shape index (κ2) is 5.72. The van der Waals surface area contributed by atoms with Crippen molar-refractivity contribution in [2.45, 2.75) is 32.9 Å². The van der Waals surface area contributed by atoms with Crippen molar-refractivity contribution in [2.24, 2.45) is 0 Å². The molecule has 1 N–H and O–H groups in total. The van der Waals surface area contributed by atoms with Crippen LogP contribution in [0.15, 0.2) is 6.20 Å². The predicted octanol–water partition coefficient (Wildman–Crippen LogP) is 0.758. The minimum absolute atomic E-state index is 0.299. The molecule has 14 heavy (non-hydrogen) atoms. The van der Waals surface area contributed by atoms with E-state index in [9.17, 15) is 5.11 Å². The smallest absolute Gasteiger partial charge is 0.120 e. The van der Waals surface area contributed by atoms with Gasteiger partial charge in [0.1, 0.15) is 6.10 Å². The normalized spacial score (nSPS) is 13.1. The van der Waals surface area contributed by atoms with Crippen molar-refractivity contribution in [3.05, 3.63) is 11.9 Å². The van der Waals surface area contributed by atoms with Crippen LogP contribution in [0.25, 0.3) is 0 Å². The number of nitrogens with zero attached hydrogens (tertiary/aromatic N) is 3. The van der Waals surface area contributed by atoms with Crippen LogP contribution in [0.4, 0.5) is 0 Å². The second-order valence-electron chi connectivity index (χ2n) is 3.06. The molecule has 5 heteroatoms. The fourth-order valence-corrected chi connectivity index (χ4v) is 1.22. The maximum atomic E-state index is 9.72. The summed E-state index contributed by atoms with van der Waals surface area (Å²) in [6.45, 7) is 5.63. The first kappa shape index (κ1) is 11.1. The molecule has 1 atom stereocenters. The number of aliphatic hydroxyl groups excluding tert-OH is 1. The van der Waals surface area contributed by atoms with Gasteiger partial charge < -0.3 is 9.84 Å². The summed E-state index contributed by atoms with van der Waals surface area (Å²) in [6.07, 6.45) is 1.92. The van der Waals surface area contributed by atoms with Crippen LogP contribution in [0.1, 0.15) is 32.1 Å². The predicted molar refractivity (Wildman–Crippen MR) is 51.8 cm³/mol. The fourth-order valence-electron chi connectivity index (χ4n) is 1.22. The average molecular weight is 199 g/mol. The van der Waals surface area contributed by atoms with Crippen molar-refractivity contribution in [1.29, 1.82) is 0 Å². The van der Waals surface area contributed by atoms with E-state index in [1.807, 2.05) is 6.92 Å². The molecular weight excluding hydrogens is 182 g/mol. The van der Waals surface area contributed by atoms with Gasteiger partial charge in [0.05, 0.1) is 18.5 Å². The molecule has 1 aromatic rings. The van der Waals surface area contributed by atoms with Gasteiger partial charge in [0.15, 0.2) is 0 Å². The number of rotatable bonds is 6. The number of aliphatic hydroxyl groups is 1. The lowest BCUT2D eigenvalue weighted by Gasteiger charge is -2.11. The van der Waals surface area contributed by atoms with E-state index in [0.717, 1.165) is 18.7 Å². The van der Waals surface area contributed by atoms with Gasteiger partial charge in [-0.1, -0.05) is 12.1 Å². The van der Waals surface area contributed by atoms with E-state index in [-0.39, 0.29) is 0 Å². The molecule has 0 fully saturated rings. The molecule has 1 aromatic heterocycles. The highest BCUT2D eigenvalue weighted by Gasteiger charge is 2.13. The Hall–Kier alpha value is -0.940. The Morgan fingerprint density at radius 2 is 2.36 bits per heavy atom. The van der Waals surface area contributed by atoms with Crippen LogP contribution in [0.3, 0.4) is 0 Å². The van der Waals surface area contributed by atoms with E-state index in [1.165, 1.54) is 0 Å². The molecule has 0 saturated carbocycles. The van der Waals surface area contributed by atoms with E-state index in [2.05, 4.69) is 17.2 Å². The molecule has 1 rings (SSSR count). The summed E-state index contributed by atoms with van der Waals surface area (Å²) in [7, 11) is 0. The summed E-state index contributed by atoms with van der Waals surface area (Å²) in [5, 5.41) is 17.4. The second-order valence-corrected chi connectivity index (χ2v) is 3.06. The molecule has 1 heterocycles. The van der Waals surface area contributed by atoms with Crippen molar-refractivity contribution in [3.63, 3.8) is 0 Å². The van der Waals surface area contributed by atoms with Crippen LogP contribution in [0.2, 0.25) is 0 Å². The third kappa shape index (κ3) is 2.78. The number of aryl methyl sites for hydroxylation is 1. The van der Waals surface area contributed by atoms with Gasteiger partial charge in [-0.2, -0.15) is 0 Å². The Labute approximate surface area is 83.7 Å². The molecule has 0 aliphatic carbocycles. The highest BCUT2D eigenvalue weighted by Crippen LogP contribution is 2.11. The van der Waals surface area contributed by atoms with Gasteiger partial charge in [-0.15, -0.1) is 5.10 Å². The summed E-state index contributed by atoms with van der Waals surface area (Å²) in [4.78, 5) is 0. The van der Waals surface area contributed by atoms with Crippen molar-refractivity contribution in [2.75, 3.05) is 13.2 Å². The molecule has 1 unspecified atom stereocenters. The van der Waals surface area contributed by atoms with Crippen LogP contribution in [0, 0.1) is 0 Å². The Morgan fingerprint density at radius 1 is 1.57 bits per heavy atom. The van der Waals surface area contributed by atoms with Crippen LogP contribution in [0.5, 0.6) is 0 Å². The Morgan fingerprint density at radius 3 is 3.00 bits per heavy atom. The topological polar surface area (TPSA) is 60.2 Å². The van der Waals surface area contributed by atoms with Gasteiger partial charge in [0.2, 0.25) is 0 Å². The zero-order valence-electron chi connectivity index (χ0n) is 8.68. The lowest BCUT2D eigenvalue weighted by atomic mass is 10.3. The van der Waals surface area contributed by atoms with E-state index < -0.39 is 6.10 Å². The highest BCUT2D eigenvalue weighted by atomic mass is 16.5. The average Bonchev–Trinajstić information content (AvgIpc) is 2.63. The molecule has 0 saturated heterocycles. The third-order valence-corrected chi connectivity index (χ3v) is 1.90. The van der Waals surface area contributed by atoms with Crippen molar-refractivity contribution in [1.82, 2.24) is 15.0 Å². The molecule has 0 aliphatic rings. The molecule has 80 valence electrons. The lowest BCUT2D eigenvalue weighted by Crippen LogP contribution is -2.13. The minimum atomic E-state index is -0.628. The number of ether oxygens (including phenoxy) is 1.